The van der Waals surface area contributed by atoms with E-state index in [0.717, 1.165) is 25.3 Å². The van der Waals surface area contributed by atoms with Gasteiger partial charge in [-0.1, -0.05) is 22.0 Å². The Morgan fingerprint density at radius 1 is 1.32 bits per heavy atom. The van der Waals surface area contributed by atoms with Crippen LogP contribution in [0.2, 0.25) is 0 Å². The van der Waals surface area contributed by atoms with Crippen LogP contribution in [0.15, 0.2) is 29.0 Å². The number of nitrogens with zero attached hydrogens (tertiary/aromatic N) is 4. The zero-order valence-corrected chi connectivity index (χ0v) is 12.6. The smallest absolute Gasteiger partial charge is 0.152 e. The van der Waals surface area contributed by atoms with Gasteiger partial charge in [0.25, 0.3) is 0 Å². The summed E-state index contributed by atoms with van der Waals surface area (Å²) in [5, 5.41) is 8.16. The third-order valence-corrected chi connectivity index (χ3v) is 4.42. The van der Waals surface area contributed by atoms with Crippen molar-refractivity contribution in [2.75, 3.05) is 11.4 Å². The molecule has 0 atom stereocenters. The fraction of sp³-hybridized carbons (Fsp3) is 0.429. The van der Waals surface area contributed by atoms with Crippen molar-refractivity contribution in [3.63, 3.8) is 0 Å². The molecule has 1 aliphatic heterocycles. The number of anilines is 1. The van der Waals surface area contributed by atoms with Gasteiger partial charge in [-0.25, -0.2) is 0 Å². The lowest BCUT2D eigenvalue weighted by Crippen LogP contribution is -2.25. The number of fused-ring (bicyclic) bond motifs is 1. The Bertz CT molecular complexity index is 579. The first kappa shape index (κ1) is 12.7. The minimum atomic E-state index is 0.819. The Morgan fingerprint density at radius 2 is 2.21 bits per heavy atom. The molecule has 2 aromatic rings. The van der Waals surface area contributed by atoms with Crippen LogP contribution < -0.4 is 4.90 Å². The lowest BCUT2D eigenvalue weighted by atomic mass is 10.1. The molecule has 0 amide bonds. The van der Waals surface area contributed by atoms with E-state index in [9.17, 15) is 0 Å². The lowest BCUT2D eigenvalue weighted by Gasteiger charge is -2.24. The molecule has 0 unspecified atom stereocenters. The van der Waals surface area contributed by atoms with Crippen LogP contribution in [0.3, 0.4) is 0 Å². The van der Waals surface area contributed by atoms with Crippen LogP contribution in [0.25, 0.3) is 0 Å². The quantitative estimate of drug-likeness (QED) is 0.853. The van der Waals surface area contributed by atoms with Crippen molar-refractivity contribution < 1.29 is 0 Å². The average molecular weight is 321 g/mol. The molecule has 0 fully saturated rings. The average Bonchev–Trinajstić information content (AvgIpc) is 2.69. The molecule has 1 aromatic heterocycles. The highest BCUT2D eigenvalue weighted by molar-refractivity contribution is 9.10. The minimum absolute atomic E-state index is 0.819. The summed E-state index contributed by atoms with van der Waals surface area (Å²) in [5.41, 5.74) is 2.75. The summed E-state index contributed by atoms with van der Waals surface area (Å²) in [4.78, 5) is 2.41. The summed E-state index contributed by atoms with van der Waals surface area (Å²) < 4.78 is 3.21. The van der Waals surface area contributed by atoms with Crippen LogP contribution >= 0.6 is 15.9 Å². The highest BCUT2D eigenvalue weighted by atomic mass is 79.9. The van der Waals surface area contributed by atoms with E-state index < -0.39 is 0 Å². The van der Waals surface area contributed by atoms with Gasteiger partial charge in [-0.3, -0.25) is 0 Å². The third-order valence-electron chi connectivity index (χ3n) is 3.68. The number of aromatic nitrogens is 3. The first-order valence-electron chi connectivity index (χ1n) is 6.61. The number of aryl methyl sites for hydroxylation is 1. The molecule has 19 heavy (non-hydrogen) atoms. The molecular formula is C14H17BrN4. The van der Waals surface area contributed by atoms with Crippen molar-refractivity contribution in [1.29, 1.82) is 0 Å². The van der Waals surface area contributed by atoms with E-state index in [1.54, 1.807) is 6.33 Å². The second-order valence-electron chi connectivity index (χ2n) is 4.97. The predicted molar refractivity (Wildman–Crippen MR) is 79.1 cm³/mol. The van der Waals surface area contributed by atoms with E-state index >= 15 is 0 Å². The van der Waals surface area contributed by atoms with Crippen molar-refractivity contribution >= 4 is 21.6 Å². The van der Waals surface area contributed by atoms with Gasteiger partial charge in [0.1, 0.15) is 6.33 Å². The molecule has 4 nitrogen and oxygen atoms in total. The highest BCUT2D eigenvalue weighted by Gasteiger charge is 2.18. The summed E-state index contributed by atoms with van der Waals surface area (Å²) in [5.74, 6) is 1.01. The Kier molecular flexibility index (Phi) is 3.55. The maximum absolute atomic E-state index is 4.20. The zero-order chi connectivity index (χ0) is 13.2. The van der Waals surface area contributed by atoms with Crippen molar-refractivity contribution in [2.45, 2.75) is 25.8 Å². The lowest BCUT2D eigenvalue weighted by molar-refractivity contribution is 0.679. The van der Waals surface area contributed by atoms with Crippen LogP contribution in [0.1, 0.15) is 24.2 Å². The van der Waals surface area contributed by atoms with Crippen molar-refractivity contribution in [3.8, 4) is 0 Å². The zero-order valence-electron chi connectivity index (χ0n) is 11.0. The van der Waals surface area contributed by atoms with Gasteiger partial charge in [-0.15, -0.1) is 10.2 Å². The molecular weight excluding hydrogens is 304 g/mol. The fourth-order valence-electron chi connectivity index (χ4n) is 2.60. The first-order chi connectivity index (χ1) is 9.25. The first-order valence-corrected chi connectivity index (χ1v) is 7.40. The summed E-state index contributed by atoms with van der Waals surface area (Å²) in [6.07, 6.45) is 5.37. The largest absolute Gasteiger partial charge is 0.364 e. The Morgan fingerprint density at radius 3 is 3.00 bits per heavy atom. The molecule has 2 heterocycles. The highest BCUT2D eigenvalue weighted by Crippen LogP contribution is 2.32. The van der Waals surface area contributed by atoms with E-state index in [1.165, 1.54) is 28.6 Å². The Balaban J connectivity index is 1.94. The van der Waals surface area contributed by atoms with Gasteiger partial charge in [0.2, 0.25) is 0 Å². The van der Waals surface area contributed by atoms with Gasteiger partial charge >= 0.3 is 0 Å². The van der Waals surface area contributed by atoms with E-state index in [4.69, 9.17) is 0 Å². The summed E-state index contributed by atoms with van der Waals surface area (Å²) in [6.45, 7) is 1.90. The molecule has 5 heteroatoms. The van der Waals surface area contributed by atoms with E-state index in [2.05, 4.69) is 49.2 Å². The van der Waals surface area contributed by atoms with Crippen LogP contribution in [0.4, 0.5) is 5.69 Å². The molecule has 1 aliphatic rings. The standard InChI is InChI=1S/C14H17BrN4/c1-18-10-16-17-14(18)9-19-8-3-2-5-11-12(15)6-4-7-13(11)19/h4,6-7,10H,2-3,5,8-9H2,1H3. The minimum Gasteiger partial charge on any atom is -0.364 e. The van der Waals surface area contributed by atoms with Gasteiger partial charge < -0.3 is 9.47 Å². The van der Waals surface area contributed by atoms with Crippen LogP contribution in [-0.2, 0) is 20.0 Å². The van der Waals surface area contributed by atoms with E-state index in [0.29, 0.717) is 0 Å². The molecule has 1 aromatic carbocycles. The number of halogens is 1. The van der Waals surface area contributed by atoms with Crippen LogP contribution in [0.5, 0.6) is 0 Å². The number of rotatable bonds is 2. The Hall–Kier alpha value is -1.36. The van der Waals surface area contributed by atoms with Crippen LogP contribution in [0, 0.1) is 0 Å². The molecule has 0 aliphatic carbocycles. The normalized spacial score (nSPS) is 15.2. The molecule has 0 spiro atoms. The maximum atomic E-state index is 4.20. The molecule has 100 valence electrons. The topological polar surface area (TPSA) is 34.0 Å². The molecule has 0 N–H and O–H groups in total. The summed E-state index contributed by atoms with van der Waals surface area (Å²) >= 11 is 3.68. The predicted octanol–water partition coefficient (Wildman–Crippen LogP) is 2.92. The van der Waals surface area contributed by atoms with E-state index in [1.807, 2.05) is 11.6 Å². The summed E-state index contributed by atoms with van der Waals surface area (Å²) in [6, 6.07) is 6.45. The van der Waals surface area contributed by atoms with Gasteiger partial charge in [0.15, 0.2) is 5.82 Å². The monoisotopic (exact) mass is 320 g/mol. The summed E-state index contributed by atoms with van der Waals surface area (Å²) in [7, 11) is 2.00. The second kappa shape index (κ2) is 5.33. The number of benzene rings is 1. The van der Waals surface area contributed by atoms with Crippen molar-refractivity contribution in [2.24, 2.45) is 7.05 Å². The molecule has 3 rings (SSSR count). The van der Waals surface area contributed by atoms with Gasteiger partial charge in [-0.2, -0.15) is 0 Å². The van der Waals surface area contributed by atoms with Crippen molar-refractivity contribution in [1.82, 2.24) is 14.8 Å². The molecule has 0 saturated heterocycles. The Labute approximate surface area is 121 Å². The second-order valence-corrected chi connectivity index (χ2v) is 5.83. The van der Waals surface area contributed by atoms with Gasteiger partial charge in [0, 0.05) is 23.8 Å². The molecule has 0 bridgehead atoms. The number of hydrogen-bond acceptors (Lipinski definition) is 3. The van der Waals surface area contributed by atoms with E-state index in [-0.39, 0.29) is 0 Å². The maximum Gasteiger partial charge on any atom is 0.152 e. The molecule has 0 radical (unpaired) electrons. The van der Waals surface area contributed by atoms with Gasteiger partial charge in [-0.05, 0) is 37.0 Å². The SMILES string of the molecule is Cn1cnnc1CN1CCCCc2c(Br)cccc21. The molecule has 0 saturated carbocycles. The van der Waals surface area contributed by atoms with Crippen molar-refractivity contribution in [3.05, 3.63) is 40.4 Å². The van der Waals surface area contributed by atoms with Gasteiger partial charge in [0.05, 0.1) is 6.54 Å². The number of hydrogen-bond donors (Lipinski definition) is 0. The third kappa shape index (κ3) is 2.52. The fourth-order valence-corrected chi connectivity index (χ4v) is 3.16. The van der Waals surface area contributed by atoms with Crippen LogP contribution in [-0.4, -0.2) is 21.3 Å².